The highest BCUT2D eigenvalue weighted by atomic mass is 35.5. The number of nitrogens with one attached hydrogen (secondary N) is 2. The second kappa shape index (κ2) is 8.73. The van der Waals surface area contributed by atoms with Crippen LogP contribution < -0.4 is 20.1 Å². The first-order valence-electron chi connectivity index (χ1n) is 9.65. The lowest BCUT2D eigenvalue weighted by molar-refractivity contribution is -0.286. The summed E-state index contributed by atoms with van der Waals surface area (Å²) in [4.78, 5) is 12.6. The fraction of sp³-hybridized carbons (Fsp3) is 0.238. The molecule has 1 fully saturated rings. The van der Waals surface area contributed by atoms with Crippen LogP contribution >= 0.6 is 12.4 Å². The van der Waals surface area contributed by atoms with Crippen molar-refractivity contribution in [2.45, 2.75) is 12.4 Å². The van der Waals surface area contributed by atoms with E-state index in [4.69, 9.17) is 4.74 Å². The number of ether oxygens (including phenoxy) is 3. The molecule has 3 heterocycles. The van der Waals surface area contributed by atoms with Crippen molar-refractivity contribution in [1.29, 1.82) is 0 Å². The van der Waals surface area contributed by atoms with Gasteiger partial charge in [-0.15, -0.1) is 21.2 Å². The summed E-state index contributed by atoms with van der Waals surface area (Å²) < 4.78 is 42.3. The molecule has 0 aliphatic carbocycles. The molecule has 0 radical (unpaired) electrons. The third-order valence-corrected chi connectivity index (χ3v) is 4.96. The average molecular weight is 465 g/mol. The van der Waals surface area contributed by atoms with E-state index < -0.39 is 6.29 Å². The Hall–Kier alpha value is -3.21. The summed E-state index contributed by atoms with van der Waals surface area (Å²) in [5.41, 5.74) is 2.43. The summed E-state index contributed by atoms with van der Waals surface area (Å²) in [6.45, 7) is 2.26. The number of amides is 1. The maximum atomic E-state index is 13.2. The number of anilines is 1. The number of hydrogen-bond acceptors (Lipinski definition) is 6. The standard InChI is InChI=1S/C21H18F2N4O4.ClH/c22-21(23)30-17-6-5-16(9-18(17)31-21)27-12-14(10-25-27)20(28)26-15-3-1-13(2-4-15)19-11-24-7-8-29-19;/h1-6,9-10,12,19,24H,7-8,11H2,(H,26,28);1H/t19-;/m1./s1. The number of morpholine rings is 1. The first-order chi connectivity index (χ1) is 15.0. The van der Waals surface area contributed by atoms with E-state index >= 15 is 0 Å². The summed E-state index contributed by atoms with van der Waals surface area (Å²) in [6.07, 6.45) is -0.797. The third-order valence-electron chi connectivity index (χ3n) is 4.96. The number of benzene rings is 2. The summed E-state index contributed by atoms with van der Waals surface area (Å²) in [5, 5.41) is 10.2. The van der Waals surface area contributed by atoms with Gasteiger partial charge >= 0.3 is 6.29 Å². The molecule has 1 atom stereocenters. The van der Waals surface area contributed by atoms with Gasteiger partial charge in [-0.1, -0.05) is 12.1 Å². The quantitative estimate of drug-likeness (QED) is 0.614. The Kier molecular flexibility index (Phi) is 6.00. The van der Waals surface area contributed by atoms with E-state index in [1.54, 1.807) is 6.07 Å². The SMILES string of the molecule is Cl.O=C(Nc1ccc([C@H]2CNCCO2)cc1)c1cnn(-c2ccc3c(c2)OC(F)(F)O3)c1. The van der Waals surface area contributed by atoms with Gasteiger partial charge in [-0.3, -0.25) is 4.79 Å². The predicted molar refractivity (Wildman–Crippen MR) is 113 cm³/mol. The van der Waals surface area contributed by atoms with Crippen LogP contribution in [0.25, 0.3) is 5.69 Å². The monoisotopic (exact) mass is 464 g/mol. The molecule has 2 aliphatic heterocycles. The molecule has 2 N–H and O–H groups in total. The van der Waals surface area contributed by atoms with Gasteiger partial charge in [0.05, 0.1) is 30.2 Å². The van der Waals surface area contributed by atoms with Crippen molar-refractivity contribution < 1.29 is 27.8 Å². The molecule has 0 bridgehead atoms. The van der Waals surface area contributed by atoms with Crippen molar-refractivity contribution >= 4 is 24.0 Å². The van der Waals surface area contributed by atoms with Crippen LogP contribution in [0, 0.1) is 0 Å². The molecular formula is C21H19ClF2N4O4. The number of fused-ring (bicyclic) bond motifs is 1. The fourth-order valence-electron chi connectivity index (χ4n) is 3.43. The smallest absolute Gasteiger partial charge is 0.395 e. The van der Waals surface area contributed by atoms with E-state index in [-0.39, 0.29) is 35.9 Å². The van der Waals surface area contributed by atoms with E-state index in [9.17, 15) is 13.6 Å². The van der Waals surface area contributed by atoms with Gasteiger partial charge in [0, 0.05) is 31.0 Å². The van der Waals surface area contributed by atoms with Gasteiger partial charge in [-0.25, -0.2) is 4.68 Å². The summed E-state index contributed by atoms with van der Waals surface area (Å²) in [5.74, 6) is -0.500. The zero-order valence-corrected chi connectivity index (χ0v) is 17.4. The number of carbonyl (C=O) groups excluding carboxylic acids is 1. The maximum absolute atomic E-state index is 13.2. The van der Waals surface area contributed by atoms with Gasteiger partial charge in [0.2, 0.25) is 0 Å². The van der Waals surface area contributed by atoms with Crippen molar-refractivity contribution in [2.24, 2.45) is 0 Å². The molecule has 0 unspecified atom stereocenters. The van der Waals surface area contributed by atoms with Gasteiger partial charge < -0.3 is 24.8 Å². The Morgan fingerprint density at radius 2 is 1.94 bits per heavy atom. The van der Waals surface area contributed by atoms with Gasteiger partial charge in [0.15, 0.2) is 11.5 Å². The number of carbonyl (C=O) groups is 1. The van der Waals surface area contributed by atoms with E-state index in [1.807, 2.05) is 24.3 Å². The summed E-state index contributed by atoms with van der Waals surface area (Å²) >= 11 is 0. The highest BCUT2D eigenvalue weighted by Crippen LogP contribution is 2.41. The van der Waals surface area contributed by atoms with Crippen LogP contribution in [0.5, 0.6) is 11.5 Å². The molecule has 168 valence electrons. The van der Waals surface area contributed by atoms with Gasteiger partial charge in [0.1, 0.15) is 0 Å². The van der Waals surface area contributed by atoms with E-state index in [0.29, 0.717) is 23.5 Å². The van der Waals surface area contributed by atoms with Gasteiger partial charge in [-0.05, 0) is 29.8 Å². The molecule has 1 aromatic heterocycles. The molecule has 3 aromatic rings. The van der Waals surface area contributed by atoms with Crippen LogP contribution in [0.1, 0.15) is 22.0 Å². The van der Waals surface area contributed by atoms with Crippen LogP contribution in [0.15, 0.2) is 54.9 Å². The van der Waals surface area contributed by atoms with Crippen molar-refractivity contribution in [2.75, 3.05) is 25.0 Å². The van der Waals surface area contributed by atoms with Crippen LogP contribution in [-0.4, -0.2) is 41.7 Å². The van der Waals surface area contributed by atoms with Crippen molar-refractivity contribution in [3.8, 4) is 17.2 Å². The largest absolute Gasteiger partial charge is 0.586 e. The molecule has 5 rings (SSSR count). The topological polar surface area (TPSA) is 86.6 Å². The molecule has 2 aliphatic rings. The fourth-order valence-corrected chi connectivity index (χ4v) is 3.43. The molecule has 1 amide bonds. The number of hydrogen-bond donors (Lipinski definition) is 2. The average Bonchev–Trinajstić information content (AvgIpc) is 3.37. The van der Waals surface area contributed by atoms with Crippen LogP contribution in [0.3, 0.4) is 0 Å². The van der Waals surface area contributed by atoms with Crippen LogP contribution in [0.4, 0.5) is 14.5 Å². The molecule has 1 saturated heterocycles. The van der Waals surface area contributed by atoms with Gasteiger partial charge in [0.25, 0.3) is 5.91 Å². The maximum Gasteiger partial charge on any atom is 0.586 e. The van der Waals surface area contributed by atoms with Crippen LogP contribution in [-0.2, 0) is 4.74 Å². The third kappa shape index (κ3) is 4.52. The molecule has 32 heavy (non-hydrogen) atoms. The normalized spacial score (nSPS) is 18.6. The molecule has 0 spiro atoms. The van der Waals surface area contributed by atoms with Crippen molar-refractivity contribution in [3.05, 3.63) is 66.0 Å². The Labute approximate surface area is 187 Å². The molecule has 0 saturated carbocycles. The predicted octanol–water partition coefficient (Wildman–Crippen LogP) is 3.53. The molecule has 2 aromatic carbocycles. The van der Waals surface area contributed by atoms with E-state index in [1.165, 1.54) is 29.2 Å². The lowest BCUT2D eigenvalue weighted by Crippen LogP contribution is -2.33. The minimum Gasteiger partial charge on any atom is -0.395 e. The zero-order valence-electron chi connectivity index (χ0n) is 16.6. The van der Waals surface area contributed by atoms with Crippen LogP contribution in [0.2, 0.25) is 0 Å². The Morgan fingerprint density at radius 1 is 1.16 bits per heavy atom. The minimum absolute atomic E-state index is 0. The molecular weight excluding hydrogens is 446 g/mol. The van der Waals surface area contributed by atoms with Crippen molar-refractivity contribution in [3.63, 3.8) is 0 Å². The number of halogens is 3. The second-order valence-electron chi connectivity index (χ2n) is 7.11. The Balaban J connectivity index is 0.00000245. The molecule has 8 nitrogen and oxygen atoms in total. The molecule has 11 heteroatoms. The first-order valence-corrected chi connectivity index (χ1v) is 9.65. The van der Waals surface area contributed by atoms with Gasteiger partial charge in [-0.2, -0.15) is 5.10 Å². The lowest BCUT2D eigenvalue weighted by Gasteiger charge is -2.24. The van der Waals surface area contributed by atoms with Crippen molar-refractivity contribution in [1.82, 2.24) is 15.1 Å². The Bertz CT molecular complexity index is 1120. The van der Waals surface area contributed by atoms with E-state index in [2.05, 4.69) is 25.2 Å². The summed E-state index contributed by atoms with van der Waals surface area (Å²) in [6, 6.07) is 11.7. The second-order valence-corrected chi connectivity index (χ2v) is 7.11. The summed E-state index contributed by atoms with van der Waals surface area (Å²) in [7, 11) is 0. The number of alkyl halides is 2. The highest BCUT2D eigenvalue weighted by molar-refractivity contribution is 6.04. The number of rotatable bonds is 4. The van der Waals surface area contributed by atoms with E-state index in [0.717, 1.165) is 18.7 Å². The number of nitrogens with zero attached hydrogens (tertiary/aromatic N) is 2. The number of aromatic nitrogens is 2. The lowest BCUT2D eigenvalue weighted by atomic mass is 10.1. The highest BCUT2D eigenvalue weighted by Gasteiger charge is 2.43. The Morgan fingerprint density at radius 3 is 2.69 bits per heavy atom. The minimum atomic E-state index is -3.69. The zero-order chi connectivity index (χ0) is 21.4. The first kappa shape index (κ1) is 22.0.